The largest absolute Gasteiger partial charge is 0.0729 e. The van der Waals surface area contributed by atoms with Crippen LogP contribution in [0.2, 0.25) is 0 Å². The number of hydrogen-bond donors (Lipinski definition) is 0. The van der Waals surface area contributed by atoms with Crippen molar-refractivity contribution in [2.24, 2.45) is 0 Å². The molecular weight excluding hydrogens is 224 g/mol. The summed E-state index contributed by atoms with van der Waals surface area (Å²) in [5.41, 5.74) is 3.82. The van der Waals surface area contributed by atoms with E-state index >= 15 is 0 Å². The van der Waals surface area contributed by atoms with Crippen LogP contribution in [0.3, 0.4) is 0 Å². The Bertz CT molecular complexity index is 426. The van der Waals surface area contributed by atoms with Crippen molar-refractivity contribution in [2.45, 2.75) is 27.6 Å². The third-order valence-electron chi connectivity index (χ3n) is 2.15. The Kier molecular flexibility index (Phi) is 2.15. The number of aryl methyl sites for hydroxylation is 1. The van der Waals surface area contributed by atoms with E-state index in [9.17, 15) is 0 Å². The Morgan fingerprint density at radius 3 is 2.46 bits per heavy atom. The van der Waals surface area contributed by atoms with E-state index < -0.39 is 6.85 Å². The molecule has 0 N–H and O–H groups in total. The Balaban J connectivity index is 3.25. The first-order valence-electron chi connectivity index (χ1n) is 5.68. The molecule has 0 saturated carbocycles. The van der Waals surface area contributed by atoms with E-state index in [2.05, 4.69) is 15.9 Å². The maximum Gasteiger partial charge on any atom is 0.0280 e. The highest BCUT2D eigenvalue weighted by Crippen LogP contribution is 2.23. The van der Waals surface area contributed by atoms with Gasteiger partial charge in [-0.25, -0.2) is 0 Å². The van der Waals surface area contributed by atoms with Crippen LogP contribution in [0, 0.1) is 6.85 Å². The average molecular weight is 242 g/mol. The summed E-state index contributed by atoms with van der Waals surface area (Å²) in [4.78, 5) is 0. The smallest absolute Gasteiger partial charge is 0.0280 e. The molecule has 0 nitrogen and oxygen atoms in total. The molecule has 0 bridgehead atoms. The minimum absolute atomic E-state index is 0.359. The van der Waals surface area contributed by atoms with Crippen molar-refractivity contribution in [3.8, 4) is 0 Å². The molecule has 0 atom stereocenters. The maximum atomic E-state index is 7.37. The molecule has 0 unspecified atom stereocenters. The molecule has 1 rings (SSSR count). The second-order valence-electron chi connectivity index (χ2n) is 3.32. The lowest BCUT2D eigenvalue weighted by Gasteiger charge is -2.06. The summed E-state index contributed by atoms with van der Waals surface area (Å²) in [5.74, 6) is 0. The number of benzene rings is 1. The summed E-state index contributed by atoms with van der Waals surface area (Å²) in [6.07, 6.45) is 0. The highest BCUT2D eigenvalue weighted by molar-refractivity contribution is 9.10. The van der Waals surface area contributed by atoms with E-state index in [0.29, 0.717) is 10.0 Å². The van der Waals surface area contributed by atoms with Crippen LogP contribution >= 0.6 is 15.9 Å². The third kappa shape index (κ3) is 2.44. The molecule has 0 heterocycles. The van der Waals surface area contributed by atoms with Gasteiger partial charge in [0.05, 0.1) is 0 Å². The lowest BCUT2D eigenvalue weighted by molar-refractivity contribution is 1.34. The number of rotatable bonds is 1. The van der Waals surface area contributed by atoms with Gasteiger partial charge in [0.2, 0.25) is 0 Å². The summed E-state index contributed by atoms with van der Waals surface area (Å²) in [7, 11) is 0. The molecule has 70 valence electrons. The van der Waals surface area contributed by atoms with Crippen molar-refractivity contribution in [1.82, 2.24) is 0 Å². The fourth-order valence-corrected chi connectivity index (χ4v) is 1.42. The third-order valence-corrected chi connectivity index (χ3v) is 2.81. The first kappa shape index (κ1) is 6.83. The summed E-state index contributed by atoms with van der Waals surface area (Å²) in [6.45, 7) is 4.06. The van der Waals surface area contributed by atoms with Gasteiger partial charge in [-0.2, -0.15) is 0 Å². The molecule has 1 aromatic carbocycles. The van der Waals surface area contributed by atoms with Crippen molar-refractivity contribution in [1.29, 1.82) is 0 Å². The van der Waals surface area contributed by atoms with Gasteiger partial charge < -0.3 is 0 Å². The van der Waals surface area contributed by atoms with Crippen molar-refractivity contribution in [3.05, 3.63) is 39.4 Å². The van der Waals surface area contributed by atoms with Crippen LogP contribution in [-0.2, 0) is 0 Å². The average Bonchev–Trinajstić information content (AvgIpc) is 2.14. The van der Waals surface area contributed by atoms with E-state index in [-0.39, 0.29) is 0 Å². The molecule has 0 amide bonds. The Morgan fingerprint density at radius 1 is 1.31 bits per heavy atom. The lowest BCUT2D eigenvalue weighted by Crippen LogP contribution is -1.84. The lowest BCUT2D eigenvalue weighted by atomic mass is 10.0. The Hall–Kier alpha value is -0.560. The molecule has 0 aliphatic heterocycles. The van der Waals surface area contributed by atoms with Crippen LogP contribution in [0.5, 0.6) is 0 Å². The van der Waals surface area contributed by atoms with Crippen LogP contribution in [0.15, 0.2) is 28.2 Å². The Labute approximate surface area is 93.0 Å². The topological polar surface area (TPSA) is 0 Å². The fraction of sp³-hybridized carbons (Fsp3) is 0.333. The number of allylic oxidation sites excluding steroid dienone is 2. The minimum atomic E-state index is -2.06. The standard InChI is InChI=1S/C12H15Br/c1-8(2)10(4)11-6-5-9(3)12(13)7-11/h5-7H,1-4H3/i3D3. The predicted molar refractivity (Wildman–Crippen MR) is 62.8 cm³/mol. The molecule has 0 aromatic heterocycles. The van der Waals surface area contributed by atoms with Crippen LogP contribution < -0.4 is 0 Å². The van der Waals surface area contributed by atoms with Crippen LogP contribution in [0.4, 0.5) is 0 Å². The molecule has 1 aromatic rings. The van der Waals surface area contributed by atoms with Crippen LogP contribution in [-0.4, -0.2) is 0 Å². The van der Waals surface area contributed by atoms with Crippen molar-refractivity contribution < 1.29 is 4.11 Å². The van der Waals surface area contributed by atoms with Crippen molar-refractivity contribution in [2.75, 3.05) is 0 Å². The Morgan fingerprint density at radius 2 is 2.00 bits per heavy atom. The molecular formula is C12H15Br. The molecule has 0 radical (unpaired) electrons. The highest BCUT2D eigenvalue weighted by atomic mass is 79.9. The monoisotopic (exact) mass is 241 g/mol. The molecule has 0 saturated heterocycles. The summed E-state index contributed by atoms with van der Waals surface area (Å²) in [5, 5.41) is 0. The minimum Gasteiger partial charge on any atom is -0.0729 e. The van der Waals surface area contributed by atoms with Gasteiger partial charge >= 0.3 is 0 Å². The normalized spacial score (nSPS) is 14.3. The molecule has 0 aliphatic carbocycles. The van der Waals surface area contributed by atoms with Gasteiger partial charge in [-0.15, -0.1) is 0 Å². The van der Waals surface area contributed by atoms with Gasteiger partial charge in [0.25, 0.3) is 0 Å². The molecule has 13 heavy (non-hydrogen) atoms. The van der Waals surface area contributed by atoms with Crippen LogP contribution in [0.1, 0.15) is 36.0 Å². The second-order valence-corrected chi connectivity index (χ2v) is 4.17. The number of hydrogen-bond acceptors (Lipinski definition) is 0. The van der Waals surface area contributed by atoms with E-state index in [1.54, 1.807) is 6.07 Å². The first-order valence-corrected chi connectivity index (χ1v) is 4.97. The van der Waals surface area contributed by atoms with Crippen molar-refractivity contribution >= 4 is 21.5 Å². The maximum absolute atomic E-state index is 7.37. The van der Waals surface area contributed by atoms with E-state index in [4.69, 9.17) is 4.11 Å². The van der Waals surface area contributed by atoms with E-state index in [1.165, 1.54) is 11.1 Å². The summed E-state index contributed by atoms with van der Waals surface area (Å²) >= 11 is 3.32. The quantitative estimate of drug-likeness (QED) is 0.676. The van der Waals surface area contributed by atoms with Gasteiger partial charge in [-0.3, -0.25) is 0 Å². The van der Waals surface area contributed by atoms with Gasteiger partial charge in [-0.05, 0) is 50.4 Å². The summed E-state index contributed by atoms with van der Waals surface area (Å²) < 4.78 is 22.7. The zero-order valence-corrected chi connectivity index (χ0v) is 9.70. The van der Waals surface area contributed by atoms with Crippen LogP contribution in [0.25, 0.3) is 5.57 Å². The molecule has 1 heteroatoms. The first-order chi connectivity index (χ1) is 7.23. The van der Waals surface area contributed by atoms with E-state index in [1.807, 2.05) is 32.9 Å². The van der Waals surface area contributed by atoms with Crippen molar-refractivity contribution in [3.63, 3.8) is 0 Å². The van der Waals surface area contributed by atoms with Gasteiger partial charge in [-0.1, -0.05) is 33.6 Å². The van der Waals surface area contributed by atoms with E-state index in [0.717, 1.165) is 5.56 Å². The predicted octanol–water partition coefficient (Wildman–Crippen LogP) is 4.57. The molecule has 0 fully saturated rings. The second kappa shape index (κ2) is 4.10. The fourth-order valence-electron chi connectivity index (χ4n) is 1.04. The molecule has 0 aliphatic rings. The zero-order chi connectivity index (χ0) is 12.5. The SMILES string of the molecule is [2H]C([2H])([2H])c1ccc(C(C)=C(C)C)cc1Br. The molecule has 0 spiro atoms. The van der Waals surface area contributed by atoms with Gasteiger partial charge in [0.1, 0.15) is 0 Å². The van der Waals surface area contributed by atoms with Gasteiger partial charge in [0.15, 0.2) is 0 Å². The highest BCUT2D eigenvalue weighted by Gasteiger charge is 2.00. The summed E-state index contributed by atoms with van der Waals surface area (Å²) in [6, 6.07) is 5.39. The zero-order valence-electron chi connectivity index (χ0n) is 11.1. The van der Waals surface area contributed by atoms with Gasteiger partial charge in [0, 0.05) is 8.58 Å². The number of halogens is 1.